The molecule has 5 rings (SSSR count). The molecule has 3 aromatic rings. The number of carbonyl (C=O) groups is 1. The Kier molecular flexibility index (Phi) is 6.31. The van der Waals surface area contributed by atoms with Gasteiger partial charge in [0.2, 0.25) is 0 Å². The molecule has 0 amide bonds. The van der Waals surface area contributed by atoms with E-state index >= 15 is 0 Å². The molecule has 0 radical (unpaired) electrons. The van der Waals surface area contributed by atoms with E-state index in [1.165, 1.54) is 30.0 Å². The second kappa shape index (κ2) is 9.44. The minimum Gasteiger partial charge on any atom is -0.478 e. The summed E-state index contributed by atoms with van der Waals surface area (Å²) >= 11 is 8.37. The molecule has 1 aliphatic carbocycles. The predicted octanol–water partition coefficient (Wildman–Crippen LogP) is 6.24. The number of carboxylic acids is 1. The molecule has 1 saturated carbocycles. The number of para-hydroxylation sites is 3. The van der Waals surface area contributed by atoms with Crippen molar-refractivity contribution in [2.75, 3.05) is 5.32 Å². The lowest BCUT2D eigenvalue weighted by Gasteiger charge is -2.38. The zero-order chi connectivity index (χ0) is 25.6. The summed E-state index contributed by atoms with van der Waals surface area (Å²) in [5.74, 6) is -1.63. The fourth-order valence-corrected chi connectivity index (χ4v) is 7.36. The van der Waals surface area contributed by atoms with Crippen molar-refractivity contribution in [2.45, 2.75) is 33.9 Å². The SMILES string of the molecule is O=C(O)c1cccc2c1N[C@H](c1ccccc1[N+](=O)[O-])[C@H]1C[C@H](Sc3ccccc3[N+](=O)[O-])[C@H](Cl)[C@H]21. The third-order valence-corrected chi connectivity index (χ3v) is 9.00. The summed E-state index contributed by atoms with van der Waals surface area (Å²) in [4.78, 5) is 35.0. The molecular weight excluding hydrogens is 506 g/mol. The largest absolute Gasteiger partial charge is 0.478 e. The molecule has 0 unspecified atom stereocenters. The lowest BCUT2D eigenvalue weighted by atomic mass is 9.76. The van der Waals surface area contributed by atoms with Crippen molar-refractivity contribution in [1.82, 2.24) is 0 Å². The number of nitro benzene ring substituents is 2. The van der Waals surface area contributed by atoms with Gasteiger partial charge in [0.25, 0.3) is 11.4 Å². The Morgan fingerprint density at radius 2 is 1.58 bits per heavy atom. The maximum absolute atomic E-state index is 12.0. The molecule has 9 nitrogen and oxygen atoms in total. The molecule has 0 saturated heterocycles. The number of fused-ring (bicyclic) bond motifs is 3. The van der Waals surface area contributed by atoms with E-state index in [4.69, 9.17) is 11.6 Å². The molecule has 5 atom stereocenters. The van der Waals surface area contributed by atoms with E-state index < -0.39 is 27.2 Å². The van der Waals surface area contributed by atoms with E-state index in [0.717, 1.165) is 5.56 Å². The zero-order valence-electron chi connectivity index (χ0n) is 18.6. The summed E-state index contributed by atoms with van der Waals surface area (Å²) < 4.78 is 0. The Hall–Kier alpha value is -3.63. The molecule has 1 fully saturated rings. The van der Waals surface area contributed by atoms with Crippen LogP contribution in [0.5, 0.6) is 0 Å². The van der Waals surface area contributed by atoms with Crippen molar-refractivity contribution in [2.24, 2.45) is 5.92 Å². The van der Waals surface area contributed by atoms with E-state index in [1.54, 1.807) is 42.5 Å². The molecule has 36 heavy (non-hydrogen) atoms. The number of nitrogens with one attached hydrogen (secondary N) is 1. The van der Waals surface area contributed by atoms with Gasteiger partial charge < -0.3 is 10.4 Å². The lowest BCUT2D eigenvalue weighted by molar-refractivity contribution is -0.387. The molecule has 1 heterocycles. The van der Waals surface area contributed by atoms with Gasteiger partial charge in [-0.05, 0) is 30.0 Å². The highest BCUT2D eigenvalue weighted by molar-refractivity contribution is 8.00. The second-order valence-electron chi connectivity index (χ2n) is 8.76. The van der Waals surface area contributed by atoms with Gasteiger partial charge in [0, 0.05) is 23.3 Å². The maximum Gasteiger partial charge on any atom is 0.337 e. The first-order valence-electron chi connectivity index (χ1n) is 11.2. The number of carboxylic acid groups (broad SMARTS) is 1. The lowest BCUT2D eigenvalue weighted by Crippen LogP contribution is -2.32. The minimum atomic E-state index is -1.12. The van der Waals surface area contributed by atoms with Gasteiger partial charge in [0.1, 0.15) is 0 Å². The zero-order valence-corrected chi connectivity index (χ0v) is 20.2. The standard InChI is InChI=1S/C25H20ClN3O6S/c26-22-20(36-19-11-4-3-10-18(19)29(34)35)12-16-21(22)14-7-5-8-15(25(30)31)24(14)27-23(16)13-6-1-2-9-17(13)28(32)33/h1-11,16,20-23,27H,12H2,(H,30,31)/t16-,20-,21+,22-,23+/m0/s1. The molecule has 184 valence electrons. The van der Waals surface area contributed by atoms with E-state index in [1.807, 2.05) is 6.07 Å². The summed E-state index contributed by atoms with van der Waals surface area (Å²) in [5.41, 5.74) is 1.57. The predicted molar refractivity (Wildman–Crippen MR) is 136 cm³/mol. The van der Waals surface area contributed by atoms with E-state index in [0.29, 0.717) is 22.6 Å². The molecule has 2 N–H and O–H groups in total. The van der Waals surface area contributed by atoms with Gasteiger partial charge in [-0.3, -0.25) is 20.2 Å². The fraction of sp³-hybridized carbons (Fsp3) is 0.240. The number of halogens is 1. The maximum atomic E-state index is 12.0. The number of nitrogens with zero attached hydrogens (tertiary/aromatic N) is 2. The molecule has 0 aromatic heterocycles. The first-order valence-corrected chi connectivity index (χ1v) is 12.5. The van der Waals surface area contributed by atoms with Crippen LogP contribution in [-0.4, -0.2) is 31.5 Å². The summed E-state index contributed by atoms with van der Waals surface area (Å²) in [7, 11) is 0. The van der Waals surface area contributed by atoms with Crippen molar-refractivity contribution in [3.8, 4) is 0 Å². The molecule has 2 aliphatic rings. The monoisotopic (exact) mass is 525 g/mol. The number of aromatic carboxylic acids is 1. The van der Waals surface area contributed by atoms with Crippen LogP contribution in [0.25, 0.3) is 0 Å². The normalized spacial score (nSPS) is 24.3. The van der Waals surface area contributed by atoms with Crippen molar-refractivity contribution < 1.29 is 19.7 Å². The number of alkyl halides is 1. The average molecular weight is 526 g/mol. The van der Waals surface area contributed by atoms with Gasteiger partial charge in [-0.2, -0.15) is 0 Å². The molecule has 1 aliphatic heterocycles. The Balaban J connectivity index is 1.62. The van der Waals surface area contributed by atoms with Gasteiger partial charge in [0.05, 0.1) is 43.0 Å². The van der Waals surface area contributed by atoms with Crippen molar-refractivity contribution in [3.05, 3.63) is 104 Å². The summed E-state index contributed by atoms with van der Waals surface area (Å²) in [5, 5.41) is 35.8. The minimum absolute atomic E-state index is 0.0109. The van der Waals surface area contributed by atoms with Crippen LogP contribution < -0.4 is 5.32 Å². The Morgan fingerprint density at radius 3 is 2.28 bits per heavy atom. The van der Waals surface area contributed by atoms with Crippen LogP contribution in [0.15, 0.2) is 71.6 Å². The van der Waals surface area contributed by atoms with Crippen molar-refractivity contribution in [3.63, 3.8) is 0 Å². The summed E-state index contributed by atoms with van der Waals surface area (Å²) in [6, 6.07) is 17.3. The van der Waals surface area contributed by atoms with Gasteiger partial charge in [-0.15, -0.1) is 23.4 Å². The fourth-order valence-electron chi connectivity index (χ4n) is 5.42. The van der Waals surface area contributed by atoms with E-state index in [9.17, 15) is 30.1 Å². The highest BCUT2D eigenvalue weighted by atomic mass is 35.5. The quantitative estimate of drug-likeness (QED) is 0.219. The smallest absolute Gasteiger partial charge is 0.337 e. The third kappa shape index (κ3) is 4.06. The van der Waals surface area contributed by atoms with E-state index in [2.05, 4.69) is 5.32 Å². The van der Waals surface area contributed by atoms with Crippen LogP contribution in [0, 0.1) is 26.1 Å². The van der Waals surface area contributed by atoms with Gasteiger partial charge >= 0.3 is 5.97 Å². The topological polar surface area (TPSA) is 136 Å². The number of hydrogen-bond donors (Lipinski definition) is 2. The van der Waals surface area contributed by atoms with Crippen LogP contribution in [0.4, 0.5) is 17.1 Å². The molecule has 11 heteroatoms. The van der Waals surface area contributed by atoms with Crippen LogP contribution in [-0.2, 0) is 0 Å². The second-order valence-corrected chi connectivity index (χ2v) is 10.5. The first-order chi connectivity index (χ1) is 17.3. The average Bonchev–Trinajstić information content (AvgIpc) is 3.19. The Morgan fingerprint density at radius 1 is 0.944 bits per heavy atom. The molecule has 3 aromatic carbocycles. The number of anilines is 1. The van der Waals surface area contributed by atoms with Crippen LogP contribution >= 0.6 is 23.4 Å². The number of nitro groups is 2. The van der Waals surface area contributed by atoms with Crippen LogP contribution in [0.1, 0.15) is 39.9 Å². The molecular formula is C25H20ClN3O6S. The van der Waals surface area contributed by atoms with Crippen molar-refractivity contribution in [1.29, 1.82) is 0 Å². The third-order valence-electron chi connectivity index (χ3n) is 6.89. The highest BCUT2D eigenvalue weighted by Crippen LogP contribution is 2.59. The first kappa shape index (κ1) is 24.1. The Labute approximate surface area is 214 Å². The number of thioether (sulfide) groups is 1. The summed E-state index contributed by atoms with van der Waals surface area (Å²) in [6.45, 7) is 0. The summed E-state index contributed by atoms with van der Waals surface area (Å²) in [6.07, 6.45) is 0.524. The molecule has 0 bridgehead atoms. The number of hydrogen-bond acceptors (Lipinski definition) is 7. The van der Waals surface area contributed by atoms with Crippen molar-refractivity contribution >= 4 is 46.4 Å². The van der Waals surface area contributed by atoms with Gasteiger partial charge in [0.15, 0.2) is 0 Å². The highest BCUT2D eigenvalue weighted by Gasteiger charge is 2.52. The van der Waals surface area contributed by atoms with Crippen LogP contribution in [0.3, 0.4) is 0 Å². The number of rotatable bonds is 6. The number of benzene rings is 3. The van der Waals surface area contributed by atoms with Crippen LogP contribution in [0.2, 0.25) is 0 Å². The van der Waals surface area contributed by atoms with Gasteiger partial charge in [-0.25, -0.2) is 4.79 Å². The molecule has 0 spiro atoms. The van der Waals surface area contributed by atoms with Gasteiger partial charge in [-0.1, -0.05) is 42.5 Å². The Bertz CT molecular complexity index is 1390. The van der Waals surface area contributed by atoms with E-state index in [-0.39, 0.29) is 34.0 Å².